The van der Waals surface area contributed by atoms with E-state index in [1.54, 1.807) is 0 Å². The first kappa shape index (κ1) is 5.96. The van der Waals surface area contributed by atoms with Crippen molar-refractivity contribution in [2.45, 2.75) is 25.7 Å². The fraction of sp³-hybridized carbons (Fsp3) is 1.00. The van der Waals surface area contributed by atoms with E-state index < -0.39 is 0 Å². The van der Waals surface area contributed by atoms with E-state index in [9.17, 15) is 0 Å². The van der Waals surface area contributed by atoms with Crippen molar-refractivity contribution in [2.75, 3.05) is 7.11 Å². The Morgan fingerprint density at radius 2 is 1.00 bits per heavy atom. The van der Waals surface area contributed by atoms with Gasteiger partial charge in [-0.25, -0.2) is 5.11 Å². The largest absolute Gasteiger partial charge is 0.240 e. The second-order valence-electron chi connectivity index (χ2n) is 1.41. The lowest BCUT2D eigenvalue weighted by Crippen LogP contribution is -1.85. The lowest BCUT2D eigenvalue weighted by molar-refractivity contribution is 0.282. The number of hydrogen-bond donors (Lipinski definition) is 0. The van der Waals surface area contributed by atoms with Gasteiger partial charge in [-0.2, -0.15) is 0 Å². The van der Waals surface area contributed by atoms with Gasteiger partial charge in [0.05, 0.1) is 7.11 Å². The molecule has 0 unspecified atom stereocenters. The highest BCUT2D eigenvalue weighted by molar-refractivity contribution is 4.50. The van der Waals surface area contributed by atoms with E-state index in [2.05, 4.69) is 0 Å². The predicted octanol–water partition coefficient (Wildman–Crippen LogP) is 1.61. The van der Waals surface area contributed by atoms with E-state index >= 15 is 0 Å². The molecule has 0 N–H and O–H groups in total. The molecular formula is C5H11O. The highest BCUT2D eigenvalue weighted by Crippen LogP contribution is 2.15. The van der Waals surface area contributed by atoms with Crippen LogP contribution in [0.1, 0.15) is 25.7 Å². The second-order valence-corrected chi connectivity index (χ2v) is 1.41. The molecule has 37 valence electrons. The smallest absolute Gasteiger partial charge is 0.0712 e. The molecule has 0 saturated heterocycles. The summed E-state index contributed by atoms with van der Waals surface area (Å²) in [5.41, 5.74) is 0. The second kappa shape index (κ2) is 4.96. The average molecular weight is 87.1 g/mol. The van der Waals surface area contributed by atoms with Crippen molar-refractivity contribution in [3.8, 4) is 0 Å². The van der Waals surface area contributed by atoms with Gasteiger partial charge in [-0.15, -0.1) is 0 Å². The van der Waals surface area contributed by atoms with Crippen LogP contribution in [0.15, 0.2) is 0 Å². The van der Waals surface area contributed by atoms with Crippen LogP contribution < -0.4 is 0 Å². The molecule has 0 atom stereocenters. The zero-order valence-corrected chi connectivity index (χ0v) is 4.24. The summed E-state index contributed by atoms with van der Waals surface area (Å²) in [5.74, 6) is 0. The summed E-state index contributed by atoms with van der Waals surface area (Å²) < 4.78 is 0. The Kier molecular flexibility index (Phi) is 4.93. The van der Waals surface area contributed by atoms with Gasteiger partial charge in [-0.05, 0) is 0 Å². The SMILES string of the molecule is C1CCC1.C[O]. The van der Waals surface area contributed by atoms with Crippen LogP contribution in [0, 0.1) is 0 Å². The van der Waals surface area contributed by atoms with Gasteiger partial charge in [0, 0.05) is 0 Å². The van der Waals surface area contributed by atoms with Crippen molar-refractivity contribution in [3.05, 3.63) is 0 Å². The minimum Gasteiger partial charge on any atom is -0.240 e. The maximum Gasteiger partial charge on any atom is 0.0712 e. The van der Waals surface area contributed by atoms with Crippen LogP contribution in [0.2, 0.25) is 0 Å². The molecule has 0 aromatic rings. The van der Waals surface area contributed by atoms with Crippen LogP contribution in [0.5, 0.6) is 0 Å². The van der Waals surface area contributed by atoms with Crippen LogP contribution in [-0.2, 0) is 5.11 Å². The van der Waals surface area contributed by atoms with E-state index in [0.717, 1.165) is 7.11 Å². The van der Waals surface area contributed by atoms with Crippen molar-refractivity contribution in [3.63, 3.8) is 0 Å². The van der Waals surface area contributed by atoms with Crippen molar-refractivity contribution in [1.82, 2.24) is 0 Å². The Labute approximate surface area is 39.0 Å². The van der Waals surface area contributed by atoms with E-state index in [0.29, 0.717) is 0 Å². The third-order valence-electron chi connectivity index (χ3n) is 1.000. The summed E-state index contributed by atoms with van der Waals surface area (Å²) in [7, 11) is 0.750. The van der Waals surface area contributed by atoms with Gasteiger partial charge >= 0.3 is 0 Å². The van der Waals surface area contributed by atoms with Crippen molar-refractivity contribution >= 4 is 0 Å². The van der Waals surface area contributed by atoms with Crippen LogP contribution in [0.25, 0.3) is 0 Å². The van der Waals surface area contributed by atoms with E-state index in [4.69, 9.17) is 5.11 Å². The minimum atomic E-state index is 0.750. The Morgan fingerprint density at radius 3 is 1.00 bits per heavy atom. The van der Waals surface area contributed by atoms with Crippen molar-refractivity contribution in [2.24, 2.45) is 0 Å². The molecule has 1 aliphatic carbocycles. The first-order valence-electron chi connectivity index (χ1n) is 2.41. The van der Waals surface area contributed by atoms with Crippen LogP contribution in [-0.4, -0.2) is 7.11 Å². The summed E-state index contributed by atoms with van der Waals surface area (Å²) in [5, 5.41) is 8.25. The third-order valence-corrected chi connectivity index (χ3v) is 1.000. The van der Waals surface area contributed by atoms with E-state index in [-0.39, 0.29) is 0 Å². The van der Waals surface area contributed by atoms with Gasteiger partial charge in [0.15, 0.2) is 0 Å². The van der Waals surface area contributed by atoms with Crippen LogP contribution in [0.4, 0.5) is 0 Å². The molecule has 1 rings (SSSR count). The molecule has 1 saturated carbocycles. The molecule has 0 aliphatic heterocycles. The average Bonchev–Trinajstić information content (AvgIpc) is 1.36. The molecule has 0 bridgehead atoms. The molecule has 6 heavy (non-hydrogen) atoms. The molecule has 0 heterocycles. The summed E-state index contributed by atoms with van der Waals surface area (Å²) in [4.78, 5) is 0. The van der Waals surface area contributed by atoms with Gasteiger partial charge in [0.25, 0.3) is 0 Å². The molecule has 1 heteroatoms. The van der Waals surface area contributed by atoms with Gasteiger partial charge < -0.3 is 0 Å². The highest BCUT2D eigenvalue weighted by Gasteiger charge is 1.95. The summed E-state index contributed by atoms with van der Waals surface area (Å²) in [6.07, 6.45) is 6.00. The van der Waals surface area contributed by atoms with Gasteiger partial charge in [-0.1, -0.05) is 25.7 Å². The zero-order chi connectivity index (χ0) is 4.83. The minimum absolute atomic E-state index is 0.750. The Morgan fingerprint density at radius 1 is 0.833 bits per heavy atom. The first-order valence-corrected chi connectivity index (χ1v) is 2.41. The normalized spacial score (nSPS) is 17.0. The topological polar surface area (TPSA) is 19.9 Å². The number of rotatable bonds is 0. The monoisotopic (exact) mass is 87.1 g/mol. The fourth-order valence-corrected chi connectivity index (χ4v) is 0.250. The summed E-state index contributed by atoms with van der Waals surface area (Å²) >= 11 is 0. The van der Waals surface area contributed by atoms with E-state index in [1.807, 2.05) is 0 Å². The first-order chi connectivity index (χ1) is 3.00. The Hall–Kier alpha value is -0.0400. The van der Waals surface area contributed by atoms with Crippen molar-refractivity contribution < 1.29 is 5.11 Å². The lowest BCUT2D eigenvalue weighted by Gasteiger charge is -2.05. The molecule has 0 amide bonds. The third kappa shape index (κ3) is 2.21. The molecular weight excluding hydrogens is 76.1 g/mol. The zero-order valence-electron chi connectivity index (χ0n) is 4.24. The predicted molar refractivity (Wildman–Crippen MR) is 25.1 cm³/mol. The van der Waals surface area contributed by atoms with Gasteiger partial charge in [-0.3, -0.25) is 0 Å². The molecule has 1 radical (unpaired) electrons. The fourth-order valence-electron chi connectivity index (χ4n) is 0.250. The molecule has 1 aliphatic rings. The Bertz CT molecular complexity index is 11.9. The van der Waals surface area contributed by atoms with Gasteiger partial charge in [0.1, 0.15) is 0 Å². The standard InChI is InChI=1S/C4H8.CH3O/c1-2-4-3-1;1-2/h1-4H2;1H3. The Balaban J connectivity index is 0.000000112. The maximum absolute atomic E-state index is 8.25. The van der Waals surface area contributed by atoms with Crippen molar-refractivity contribution in [1.29, 1.82) is 0 Å². The quantitative estimate of drug-likeness (QED) is 0.427. The molecule has 1 fully saturated rings. The maximum atomic E-state index is 8.25. The molecule has 1 nitrogen and oxygen atoms in total. The lowest BCUT2D eigenvalue weighted by atomic mass is 10.0. The molecule has 0 aromatic heterocycles. The highest BCUT2D eigenvalue weighted by atomic mass is 16.2. The summed E-state index contributed by atoms with van der Waals surface area (Å²) in [6, 6.07) is 0. The number of hydrogen-bond acceptors (Lipinski definition) is 0. The van der Waals surface area contributed by atoms with Crippen LogP contribution in [0.3, 0.4) is 0 Å². The van der Waals surface area contributed by atoms with E-state index in [1.165, 1.54) is 25.7 Å². The molecule has 0 spiro atoms. The summed E-state index contributed by atoms with van der Waals surface area (Å²) in [6.45, 7) is 0. The molecule has 0 aromatic carbocycles. The van der Waals surface area contributed by atoms with Gasteiger partial charge in [0.2, 0.25) is 0 Å². The van der Waals surface area contributed by atoms with Crippen LogP contribution >= 0.6 is 0 Å².